The molecular formula is C9H12N4O2. The maximum Gasteiger partial charge on any atom is 0.212 e. The Balaban J connectivity index is 2.13. The summed E-state index contributed by atoms with van der Waals surface area (Å²) in [6, 6.07) is 1.69. The Morgan fingerprint density at radius 2 is 2.47 bits per heavy atom. The Hall–Kier alpha value is -1.69. The molecule has 1 aliphatic heterocycles. The fourth-order valence-corrected chi connectivity index (χ4v) is 1.61. The van der Waals surface area contributed by atoms with E-state index in [1.807, 2.05) is 4.90 Å². The number of aliphatic hydroxyl groups is 1. The molecule has 1 aromatic heterocycles. The van der Waals surface area contributed by atoms with Gasteiger partial charge in [0.25, 0.3) is 0 Å². The zero-order chi connectivity index (χ0) is 10.7. The first-order valence-electron chi connectivity index (χ1n) is 4.75. The van der Waals surface area contributed by atoms with Crippen molar-refractivity contribution in [2.75, 3.05) is 23.3 Å². The molecule has 1 saturated heterocycles. The second-order valence-corrected chi connectivity index (χ2v) is 3.41. The van der Waals surface area contributed by atoms with Crippen molar-refractivity contribution in [2.45, 2.75) is 12.5 Å². The molecule has 2 rings (SSSR count). The third kappa shape index (κ3) is 2.21. The van der Waals surface area contributed by atoms with Gasteiger partial charge in [-0.3, -0.25) is 4.79 Å². The van der Waals surface area contributed by atoms with Gasteiger partial charge in [0, 0.05) is 19.2 Å². The number of hydrogen-bond acceptors (Lipinski definition) is 5. The highest BCUT2D eigenvalue weighted by Crippen LogP contribution is 2.19. The lowest BCUT2D eigenvalue weighted by Crippen LogP contribution is -2.22. The largest absolute Gasteiger partial charge is 0.391 e. The molecular weight excluding hydrogens is 196 g/mol. The number of carbonyl (C=O) groups excluding carboxylic acids is 1. The first-order chi connectivity index (χ1) is 7.29. The molecule has 1 atom stereocenters. The molecule has 15 heavy (non-hydrogen) atoms. The van der Waals surface area contributed by atoms with Crippen LogP contribution in [-0.2, 0) is 4.79 Å². The molecule has 2 N–H and O–H groups in total. The minimum atomic E-state index is -0.289. The van der Waals surface area contributed by atoms with Crippen molar-refractivity contribution >= 4 is 18.0 Å². The van der Waals surface area contributed by atoms with Gasteiger partial charge in [-0.2, -0.15) is 0 Å². The Labute approximate surface area is 87.0 Å². The number of rotatable bonds is 3. The first kappa shape index (κ1) is 9.85. The lowest BCUT2D eigenvalue weighted by molar-refractivity contribution is -0.105. The van der Waals surface area contributed by atoms with Gasteiger partial charge in [-0.1, -0.05) is 0 Å². The lowest BCUT2D eigenvalue weighted by atomic mass is 10.3. The van der Waals surface area contributed by atoms with E-state index in [9.17, 15) is 9.90 Å². The number of amides is 1. The number of nitrogens with one attached hydrogen (secondary N) is 1. The van der Waals surface area contributed by atoms with E-state index in [4.69, 9.17) is 0 Å². The van der Waals surface area contributed by atoms with Crippen LogP contribution < -0.4 is 10.2 Å². The second kappa shape index (κ2) is 4.22. The van der Waals surface area contributed by atoms with Gasteiger partial charge in [0.05, 0.1) is 6.10 Å². The van der Waals surface area contributed by atoms with Gasteiger partial charge in [-0.15, -0.1) is 0 Å². The van der Waals surface area contributed by atoms with Gasteiger partial charge in [0.1, 0.15) is 18.0 Å². The lowest BCUT2D eigenvalue weighted by Gasteiger charge is -2.16. The molecule has 0 aliphatic carbocycles. The molecule has 6 heteroatoms. The van der Waals surface area contributed by atoms with Crippen LogP contribution in [0.2, 0.25) is 0 Å². The monoisotopic (exact) mass is 208 g/mol. The summed E-state index contributed by atoms with van der Waals surface area (Å²) in [6.45, 7) is 1.36. The Morgan fingerprint density at radius 3 is 3.13 bits per heavy atom. The molecule has 2 heterocycles. The fraction of sp³-hybridized carbons (Fsp3) is 0.444. The summed E-state index contributed by atoms with van der Waals surface area (Å²) >= 11 is 0. The van der Waals surface area contributed by atoms with E-state index in [-0.39, 0.29) is 6.10 Å². The van der Waals surface area contributed by atoms with Crippen LogP contribution in [0.15, 0.2) is 12.4 Å². The van der Waals surface area contributed by atoms with Gasteiger partial charge < -0.3 is 15.3 Å². The van der Waals surface area contributed by atoms with Crippen LogP contribution in [0.3, 0.4) is 0 Å². The standard InChI is InChI=1S/C9H12N4O2/c14-6-12-8-3-9(11-5-10-8)13-2-1-7(15)4-13/h3,5-7,15H,1-2,4H2,(H,10,11,12,14). The molecule has 0 spiro atoms. The van der Waals surface area contributed by atoms with Crippen molar-refractivity contribution in [2.24, 2.45) is 0 Å². The smallest absolute Gasteiger partial charge is 0.212 e. The maximum absolute atomic E-state index is 10.2. The van der Waals surface area contributed by atoms with Crippen molar-refractivity contribution in [1.82, 2.24) is 9.97 Å². The highest BCUT2D eigenvalue weighted by atomic mass is 16.3. The van der Waals surface area contributed by atoms with Crippen molar-refractivity contribution in [3.63, 3.8) is 0 Å². The number of aliphatic hydroxyl groups excluding tert-OH is 1. The number of aromatic nitrogens is 2. The fourth-order valence-electron chi connectivity index (χ4n) is 1.61. The first-order valence-corrected chi connectivity index (χ1v) is 4.75. The van der Waals surface area contributed by atoms with Crippen molar-refractivity contribution in [3.8, 4) is 0 Å². The zero-order valence-corrected chi connectivity index (χ0v) is 8.13. The number of anilines is 2. The van der Waals surface area contributed by atoms with Crippen LogP contribution in [0.25, 0.3) is 0 Å². The van der Waals surface area contributed by atoms with Crippen LogP contribution >= 0.6 is 0 Å². The average molecular weight is 208 g/mol. The molecule has 80 valence electrons. The predicted molar refractivity (Wildman–Crippen MR) is 54.6 cm³/mol. The van der Waals surface area contributed by atoms with Gasteiger partial charge in [0.2, 0.25) is 6.41 Å². The van der Waals surface area contributed by atoms with Gasteiger partial charge in [-0.25, -0.2) is 9.97 Å². The highest BCUT2D eigenvalue weighted by molar-refractivity contribution is 5.70. The van der Waals surface area contributed by atoms with Gasteiger partial charge in [-0.05, 0) is 6.42 Å². The summed E-state index contributed by atoms with van der Waals surface area (Å²) in [4.78, 5) is 20.2. The molecule has 0 saturated carbocycles. The molecule has 1 fully saturated rings. The number of carbonyl (C=O) groups is 1. The number of nitrogens with zero attached hydrogens (tertiary/aromatic N) is 3. The highest BCUT2D eigenvalue weighted by Gasteiger charge is 2.21. The number of hydrogen-bond donors (Lipinski definition) is 2. The van der Waals surface area contributed by atoms with Crippen LogP contribution in [0, 0.1) is 0 Å². The molecule has 0 bridgehead atoms. The van der Waals surface area contributed by atoms with E-state index >= 15 is 0 Å². The van der Waals surface area contributed by atoms with Crippen molar-refractivity contribution < 1.29 is 9.90 Å². The van der Waals surface area contributed by atoms with E-state index in [0.717, 1.165) is 18.8 Å². The summed E-state index contributed by atoms with van der Waals surface area (Å²) in [7, 11) is 0. The number of β-amino-alcohol motifs (C(OH)–C–C–N with tert-alkyl or cyclic N) is 1. The topological polar surface area (TPSA) is 78.4 Å². The quantitative estimate of drug-likeness (QED) is 0.662. The third-order valence-corrected chi connectivity index (χ3v) is 2.35. The van der Waals surface area contributed by atoms with E-state index in [1.54, 1.807) is 6.07 Å². The predicted octanol–water partition coefficient (Wildman–Crippen LogP) is -0.384. The average Bonchev–Trinajstić information content (AvgIpc) is 2.66. The van der Waals surface area contributed by atoms with E-state index in [0.29, 0.717) is 18.8 Å². The molecule has 0 aromatic carbocycles. The van der Waals surface area contributed by atoms with Crippen molar-refractivity contribution in [3.05, 3.63) is 12.4 Å². The van der Waals surface area contributed by atoms with Crippen LogP contribution in [-0.4, -0.2) is 40.7 Å². The van der Waals surface area contributed by atoms with Gasteiger partial charge in [0.15, 0.2) is 0 Å². The molecule has 1 unspecified atom stereocenters. The van der Waals surface area contributed by atoms with E-state index in [1.165, 1.54) is 6.33 Å². The van der Waals surface area contributed by atoms with Crippen LogP contribution in [0.1, 0.15) is 6.42 Å². The molecule has 1 amide bonds. The minimum absolute atomic E-state index is 0.289. The van der Waals surface area contributed by atoms with Crippen molar-refractivity contribution in [1.29, 1.82) is 0 Å². The SMILES string of the molecule is O=CNc1cc(N2CCC(O)C2)ncn1. The summed E-state index contributed by atoms with van der Waals surface area (Å²) < 4.78 is 0. The van der Waals surface area contributed by atoms with Crippen LogP contribution in [0.4, 0.5) is 11.6 Å². The molecule has 0 radical (unpaired) electrons. The molecule has 1 aliphatic rings. The molecule has 1 aromatic rings. The summed E-state index contributed by atoms with van der Waals surface area (Å²) in [5.74, 6) is 1.20. The minimum Gasteiger partial charge on any atom is -0.391 e. The Morgan fingerprint density at radius 1 is 1.60 bits per heavy atom. The third-order valence-electron chi connectivity index (χ3n) is 2.35. The summed E-state index contributed by atoms with van der Waals surface area (Å²) in [5, 5.41) is 11.8. The van der Waals surface area contributed by atoms with Gasteiger partial charge >= 0.3 is 0 Å². The van der Waals surface area contributed by atoms with E-state index in [2.05, 4.69) is 15.3 Å². The summed E-state index contributed by atoms with van der Waals surface area (Å²) in [6.07, 6.45) is 2.43. The zero-order valence-electron chi connectivity index (χ0n) is 8.13. The Bertz CT molecular complexity index is 358. The normalized spacial score (nSPS) is 20.3. The molecule has 6 nitrogen and oxygen atoms in total. The summed E-state index contributed by atoms with van der Waals surface area (Å²) in [5.41, 5.74) is 0. The van der Waals surface area contributed by atoms with E-state index < -0.39 is 0 Å². The Kier molecular flexibility index (Phi) is 2.77. The maximum atomic E-state index is 10.2. The van der Waals surface area contributed by atoms with Crippen LogP contribution in [0.5, 0.6) is 0 Å². The second-order valence-electron chi connectivity index (χ2n) is 3.41.